The molecule has 3 heterocycles. The van der Waals surface area contributed by atoms with E-state index in [-0.39, 0.29) is 23.5 Å². The van der Waals surface area contributed by atoms with E-state index in [4.69, 9.17) is 9.72 Å². The van der Waals surface area contributed by atoms with Crippen molar-refractivity contribution in [2.75, 3.05) is 23.9 Å². The number of nitrogens with one attached hydrogen (secondary N) is 1. The van der Waals surface area contributed by atoms with Crippen LogP contribution >= 0.6 is 0 Å². The third-order valence-electron chi connectivity index (χ3n) is 6.94. The van der Waals surface area contributed by atoms with E-state index in [9.17, 15) is 13.2 Å². The summed E-state index contributed by atoms with van der Waals surface area (Å²) in [5.74, 6) is 0.584. The molecular weight excluding hydrogens is 488 g/mol. The quantitative estimate of drug-likeness (QED) is 0.401. The molecule has 0 bridgehead atoms. The van der Waals surface area contributed by atoms with Crippen LogP contribution in [-0.2, 0) is 9.84 Å². The first-order chi connectivity index (χ1) is 17.6. The van der Waals surface area contributed by atoms with E-state index < -0.39 is 9.84 Å². The number of hydrogen-bond donors (Lipinski definition) is 1. The van der Waals surface area contributed by atoms with Gasteiger partial charge in [0.25, 0.3) is 5.91 Å². The number of fused-ring (bicyclic) bond motifs is 1. The molecule has 1 saturated heterocycles. The highest BCUT2D eigenvalue weighted by molar-refractivity contribution is 7.91. The van der Waals surface area contributed by atoms with Crippen molar-refractivity contribution < 1.29 is 17.9 Å². The molecule has 0 radical (unpaired) electrons. The highest BCUT2D eigenvalue weighted by Gasteiger charge is 2.32. The fraction of sp³-hybridized carbons (Fsp3) is 0.321. The highest BCUT2D eigenvalue weighted by atomic mass is 32.2. The Balaban J connectivity index is 1.68. The van der Waals surface area contributed by atoms with Gasteiger partial charge in [-0.15, -0.1) is 0 Å². The van der Waals surface area contributed by atoms with Gasteiger partial charge in [-0.3, -0.25) is 4.79 Å². The molecule has 2 aromatic carbocycles. The Morgan fingerprint density at radius 2 is 1.73 bits per heavy atom. The van der Waals surface area contributed by atoms with Crippen LogP contribution in [0.3, 0.4) is 0 Å². The van der Waals surface area contributed by atoms with Gasteiger partial charge in [0.15, 0.2) is 15.5 Å². The summed E-state index contributed by atoms with van der Waals surface area (Å²) in [6, 6.07) is 13.0. The van der Waals surface area contributed by atoms with Gasteiger partial charge in [-0.1, -0.05) is 17.7 Å². The average molecular weight is 519 g/mol. The zero-order chi connectivity index (χ0) is 26.5. The number of hydrogen-bond acceptors (Lipinski definition) is 6. The number of sulfone groups is 1. The second kappa shape index (κ2) is 9.30. The zero-order valence-electron chi connectivity index (χ0n) is 21.6. The Kier molecular flexibility index (Phi) is 6.27. The molecule has 4 aromatic rings. The molecule has 192 valence electrons. The summed E-state index contributed by atoms with van der Waals surface area (Å²) in [6.07, 6.45) is 0.469. The van der Waals surface area contributed by atoms with Crippen molar-refractivity contribution in [3.05, 3.63) is 70.4 Å². The number of rotatable bonds is 5. The molecule has 1 atom stereocenters. The van der Waals surface area contributed by atoms with Crippen LogP contribution in [0.25, 0.3) is 22.3 Å². The number of pyridine rings is 1. The van der Waals surface area contributed by atoms with Gasteiger partial charge in [0.2, 0.25) is 0 Å². The van der Waals surface area contributed by atoms with Crippen molar-refractivity contribution in [1.29, 1.82) is 0 Å². The topological polar surface area (TPSA) is 103 Å². The lowest BCUT2D eigenvalue weighted by molar-refractivity contribution is 0.102. The number of amides is 1. The lowest BCUT2D eigenvalue weighted by atomic mass is 10.0. The number of carbonyl (C=O) groups excluding carboxylic acids is 1. The van der Waals surface area contributed by atoms with Gasteiger partial charge in [0, 0.05) is 11.3 Å². The van der Waals surface area contributed by atoms with E-state index in [2.05, 4.69) is 10.4 Å². The maximum absolute atomic E-state index is 13.8. The number of aromatic nitrogens is 3. The number of methoxy groups -OCH3 is 1. The summed E-state index contributed by atoms with van der Waals surface area (Å²) in [4.78, 5) is 18.7. The maximum atomic E-state index is 13.8. The van der Waals surface area contributed by atoms with Crippen LogP contribution < -0.4 is 10.1 Å². The van der Waals surface area contributed by atoms with Gasteiger partial charge in [0.05, 0.1) is 47.0 Å². The second-order valence-corrected chi connectivity index (χ2v) is 12.0. The van der Waals surface area contributed by atoms with Crippen LogP contribution in [0.1, 0.15) is 45.2 Å². The lowest BCUT2D eigenvalue weighted by Crippen LogP contribution is -2.16. The number of aryl methyl sites for hydroxylation is 4. The molecule has 1 unspecified atom stereocenters. The number of anilines is 1. The summed E-state index contributed by atoms with van der Waals surface area (Å²) >= 11 is 0. The van der Waals surface area contributed by atoms with Crippen LogP contribution in [0.2, 0.25) is 0 Å². The van der Waals surface area contributed by atoms with Crippen molar-refractivity contribution in [3.63, 3.8) is 0 Å². The number of benzene rings is 2. The first-order valence-electron chi connectivity index (χ1n) is 12.2. The fourth-order valence-corrected chi connectivity index (χ4v) is 6.87. The van der Waals surface area contributed by atoms with Gasteiger partial charge in [-0.05, 0) is 75.6 Å². The Hall–Kier alpha value is -3.72. The normalized spacial score (nSPS) is 16.7. The van der Waals surface area contributed by atoms with E-state index in [1.807, 2.05) is 64.1 Å². The van der Waals surface area contributed by atoms with Crippen molar-refractivity contribution in [3.8, 4) is 17.0 Å². The standard InChI is InChI=1S/C28H30N4O4S/c1-16-12-17(2)26(18(3)13-16)30-28(33)23-14-24(20-6-8-22(36-5)9-7-20)29-27-25(23)19(4)31-32(27)21-10-11-37(34,35)15-21/h6-9,12-14,21H,10-11,15H2,1-5H3,(H,30,33). The fourth-order valence-electron chi connectivity index (χ4n) is 5.18. The number of carbonyl (C=O) groups is 1. The van der Waals surface area contributed by atoms with E-state index >= 15 is 0 Å². The molecule has 1 amide bonds. The van der Waals surface area contributed by atoms with Crippen LogP contribution in [0, 0.1) is 27.7 Å². The molecule has 5 rings (SSSR count). The molecule has 0 aliphatic carbocycles. The van der Waals surface area contributed by atoms with Crippen molar-refractivity contribution in [2.24, 2.45) is 0 Å². The Morgan fingerprint density at radius 3 is 2.32 bits per heavy atom. The van der Waals surface area contributed by atoms with E-state index in [0.717, 1.165) is 27.9 Å². The first-order valence-corrected chi connectivity index (χ1v) is 14.0. The van der Waals surface area contributed by atoms with Crippen LogP contribution in [-0.4, -0.2) is 47.7 Å². The molecule has 37 heavy (non-hydrogen) atoms. The molecule has 9 heteroatoms. The molecule has 1 aliphatic heterocycles. The summed E-state index contributed by atoms with van der Waals surface area (Å²) in [5, 5.41) is 8.42. The Bertz CT molecular complexity index is 1620. The predicted octanol–water partition coefficient (Wildman–Crippen LogP) is 4.95. The monoisotopic (exact) mass is 518 g/mol. The van der Waals surface area contributed by atoms with E-state index in [1.54, 1.807) is 17.9 Å². The van der Waals surface area contributed by atoms with Crippen LogP contribution in [0.5, 0.6) is 5.75 Å². The minimum absolute atomic E-state index is 0.0148. The lowest BCUT2D eigenvalue weighted by Gasteiger charge is -2.15. The predicted molar refractivity (Wildman–Crippen MR) is 145 cm³/mol. The first kappa shape index (κ1) is 25.0. The Labute approximate surface area is 216 Å². The molecular formula is C28H30N4O4S. The molecule has 8 nitrogen and oxygen atoms in total. The summed E-state index contributed by atoms with van der Waals surface area (Å²) < 4.78 is 31.5. The summed E-state index contributed by atoms with van der Waals surface area (Å²) in [6.45, 7) is 7.81. The van der Waals surface area contributed by atoms with Gasteiger partial charge < -0.3 is 10.1 Å². The van der Waals surface area contributed by atoms with Gasteiger partial charge >= 0.3 is 0 Å². The molecule has 2 aromatic heterocycles. The molecule has 1 aliphatic rings. The average Bonchev–Trinajstić information content (AvgIpc) is 3.39. The summed E-state index contributed by atoms with van der Waals surface area (Å²) in [7, 11) is -1.53. The SMILES string of the molecule is COc1ccc(-c2cc(C(=O)Nc3c(C)cc(C)cc3C)c3c(C)nn(C4CCS(=O)(=O)C4)c3n2)cc1. The van der Waals surface area contributed by atoms with Crippen molar-refractivity contribution in [2.45, 2.75) is 40.2 Å². The highest BCUT2D eigenvalue weighted by Crippen LogP contribution is 2.33. The Morgan fingerprint density at radius 1 is 1.05 bits per heavy atom. The third-order valence-corrected chi connectivity index (χ3v) is 8.69. The summed E-state index contributed by atoms with van der Waals surface area (Å²) in [5.41, 5.74) is 6.86. The van der Waals surface area contributed by atoms with Crippen LogP contribution in [0.15, 0.2) is 42.5 Å². The maximum Gasteiger partial charge on any atom is 0.256 e. The van der Waals surface area contributed by atoms with Crippen LogP contribution in [0.4, 0.5) is 5.69 Å². The smallest absolute Gasteiger partial charge is 0.256 e. The molecule has 1 fully saturated rings. The minimum Gasteiger partial charge on any atom is -0.497 e. The number of nitrogens with zero attached hydrogens (tertiary/aromatic N) is 3. The van der Waals surface area contributed by atoms with Gasteiger partial charge in [0.1, 0.15) is 5.75 Å². The zero-order valence-corrected chi connectivity index (χ0v) is 22.4. The molecule has 0 saturated carbocycles. The second-order valence-electron chi connectivity index (χ2n) is 9.80. The number of ether oxygens (including phenoxy) is 1. The van der Waals surface area contributed by atoms with Gasteiger partial charge in [-0.25, -0.2) is 18.1 Å². The molecule has 1 N–H and O–H groups in total. The minimum atomic E-state index is -3.14. The van der Waals surface area contributed by atoms with E-state index in [0.29, 0.717) is 40.2 Å². The third kappa shape index (κ3) is 4.71. The molecule has 0 spiro atoms. The van der Waals surface area contributed by atoms with Crippen molar-refractivity contribution in [1.82, 2.24) is 14.8 Å². The van der Waals surface area contributed by atoms with Crippen molar-refractivity contribution >= 4 is 32.5 Å². The largest absolute Gasteiger partial charge is 0.497 e. The van der Waals surface area contributed by atoms with E-state index in [1.165, 1.54) is 0 Å². The van der Waals surface area contributed by atoms with Gasteiger partial charge in [-0.2, -0.15) is 5.10 Å².